The van der Waals surface area contributed by atoms with Crippen LogP contribution in [-0.2, 0) is 16.1 Å². The second kappa shape index (κ2) is 8.05. The van der Waals surface area contributed by atoms with E-state index in [4.69, 9.17) is 4.74 Å². The molecule has 3 aliphatic rings. The van der Waals surface area contributed by atoms with Crippen molar-refractivity contribution in [2.24, 2.45) is 5.92 Å². The fourth-order valence-electron chi connectivity index (χ4n) is 4.66. The number of nitrogens with zero attached hydrogens (tertiary/aromatic N) is 1. The van der Waals surface area contributed by atoms with Gasteiger partial charge in [-0.3, -0.25) is 9.69 Å². The van der Waals surface area contributed by atoms with E-state index in [0.29, 0.717) is 19.1 Å². The van der Waals surface area contributed by atoms with Crippen molar-refractivity contribution in [1.82, 2.24) is 10.2 Å². The first-order valence-corrected chi connectivity index (χ1v) is 10.1. The van der Waals surface area contributed by atoms with Crippen molar-refractivity contribution in [2.45, 2.75) is 69.7 Å². The van der Waals surface area contributed by atoms with Gasteiger partial charge in [-0.15, -0.1) is 0 Å². The van der Waals surface area contributed by atoms with Gasteiger partial charge < -0.3 is 10.1 Å². The Kier molecular flexibility index (Phi) is 5.55. The van der Waals surface area contributed by atoms with Crippen LogP contribution in [0, 0.1) is 11.7 Å². The summed E-state index contributed by atoms with van der Waals surface area (Å²) in [5, 5.41) is 3.11. The summed E-state index contributed by atoms with van der Waals surface area (Å²) in [4.78, 5) is 14.6. The van der Waals surface area contributed by atoms with Crippen molar-refractivity contribution >= 4 is 5.91 Å². The maximum atomic E-state index is 13.8. The summed E-state index contributed by atoms with van der Waals surface area (Å²) >= 11 is 0. The Hall–Kier alpha value is -1.46. The van der Waals surface area contributed by atoms with Crippen molar-refractivity contribution in [3.8, 4) is 0 Å². The Morgan fingerprint density at radius 1 is 1.15 bits per heavy atom. The van der Waals surface area contributed by atoms with Gasteiger partial charge in [0.25, 0.3) is 0 Å². The van der Waals surface area contributed by atoms with E-state index in [2.05, 4.69) is 10.2 Å². The SMILES string of the molecule is O=C(NC[C@H]1CC[C@@H]2[C@@H](CN2Cc2ccccc2F)O1)C1CCCCC1. The zero-order chi connectivity index (χ0) is 17.9. The number of hydrogen-bond acceptors (Lipinski definition) is 3. The third-order valence-corrected chi connectivity index (χ3v) is 6.28. The number of benzene rings is 1. The van der Waals surface area contributed by atoms with Crippen molar-refractivity contribution in [3.05, 3.63) is 35.6 Å². The molecule has 5 heteroatoms. The number of hydrogen-bond donors (Lipinski definition) is 1. The van der Waals surface area contributed by atoms with Crippen molar-refractivity contribution < 1.29 is 13.9 Å². The minimum absolute atomic E-state index is 0.124. The number of amides is 1. The first kappa shape index (κ1) is 17.9. The molecule has 0 bridgehead atoms. The Balaban J connectivity index is 1.21. The topological polar surface area (TPSA) is 41.6 Å². The molecule has 1 aromatic carbocycles. The predicted octanol–water partition coefficient (Wildman–Crippen LogP) is 3.25. The molecule has 142 valence electrons. The number of likely N-dealkylation sites (tertiary alicyclic amines) is 1. The van der Waals surface area contributed by atoms with Crippen molar-refractivity contribution in [3.63, 3.8) is 0 Å². The summed E-state index contributed by atoms with van der Waals surface area (Å²) < 4.78 is 20.0. The minimum Gasteiger partial charge on any atom is -0.370 e. The van der Waals surface area contributed by atoms with Crippen LogP contribution in [0.15, 0.2) is 24.3 Å². The molecule has 0 radical (unpaired) electrons. The van der Waals surface area contributed by atoms with Gasteiger partial charge in [0.2, 0.25) is 5.91 Å². The van der Waals surface area contributed by atoms with Gasteiger partial charge in [-0.05, 0) is 31.7 Å². The standard InChI is InChI=1S/C21H29FN2O2/c22-18-9-5-4-8-16(18)13-24-14-20-19(24)11-10-17(26-20)12-23-21(25)15-6-2-1-3-7-15/h4-5,8-9,15,17,19-20H,1-3,6-7,10-14H2,(H,23,25)/t17-,19-,20-/m1/s1. The highest BCUT2D eigenvalue weighted by molar-refractivity contribution is 5.78. The van der Waals surface area contributed by atoms with Crippen LogP contribution in [0.4, 0.5) is 4.39 Å². The van der Waals surface area contributed by atoms with Gasteiger partial charge >= 0.3 is 0 Å². The molecule has 1 aromatic rings. The summed E-state index contributed by atoms with van der Waals surface area (Å²) in [6.07, 6.45) is 8.07. The fraction of sp³-hybridized carbons (Fsp3) is 0.667. The molecule has 1 N–H and O–H groups in total. The number of fused-ring (bicyclic) bond motifs is 1. The molecule has 1 saturated carbocycles. The first-order chi connectivity index (χ1) is 12.7. The van der Waals surface area contributed by atoms with Gasteiger partial charge in [-0.1, -0.05) is 37.5 Å². The molecule has 1 amide bonds. The van der Waals surface area contributed by atoms with Crippen LogP contribution in [0.25, 0.3) is 0 Å². The van der Waals surface area contributed by atoms with Crippen LogP contribution in [0.2, 0.25) is 0 Å². The zero-order valence-electron chi connectivity index (χ0n) is 15.3. The summed E-state index contributed by atoms with van der Waals surface area (Å²) in [5.41, 5.74) is 0.757. The molecule has 4 rings (SSSR count). The maximum Gasteiger partial charge on any atom is 0.223 e. The van der Waals surface area contributed by atoms with Gasteiger partial charge in [0.1, 0.15) is 5.82 Å². The Labute approximate surface area is 155 Å². The van der Waals surface area contributed by atoms with Crippen LogP contribution in [-0.4, -0.2) is 42.1 Å². The maximum absolute atomic E-state index is 13.8. The average molecular weight is 360 g/mol. The number of carbonyl (C=O) groups excluding carboxylic acids is 1. The molecule has 1 aliphatic carbocycles. The summed E-state index contributed by atoms with van der Waals surface area (Å²) in [7, 11) is 0. The summed E-state index contributed by atoms with van der Waals surface area (Å²) in [6, 6.07) is 7.39. The van der Waals surface area contributed by atoms with Crippen molar-refractivity contribution in [2.75, 3.05) is 13.1 Å². The minimum atomic E-state index is -0.129. The Bertz CT molecular complexity index is 632. The first-order valence-electron chi connectivity index (χ1n) is 10.1. The number of carbonyl (C=O) groups is 1. The second-order valence-corrected chi connectivity index (χ2v) is 8.04. The van der Waals surface area contributed by atoms with Gasteiger partial charge in [0, 0.05) is 37.2 Å². The van der Waals surface area contributed by atoms with Crippen LogP contribution >= 0.6 is 0 Å². The van der Waals surface area contributed by atoms with Gasteiger partial charge in [0.05, 0.1) is 12.2 Å². The lowest BCUT2D eigenvalue weighted by atomic mass is 9.88. The largest absolute Gasteiger partial charge is 0.370 e. The zero-order valence-corrected chi connectivity index (χ0v) is 15.3. The van der Waals surface area contributed by atoms with E-state index in [-0.39, 0.29) is 29.9 Å². The lowest BCUT2D eigenvalue weighted by molar-refractivity contribution is -0.170. The molecule has 3 fully saturated rings. The van der Waals surface area contributed by atoms with Crippen LogP contribution in [0.3, 0.4) is 0 Å². The van der Waals surface area contributed by atoms with E-state index in [0.717, 1.165) is 37.8 Å². The molecule has 0 spiro atoms. The molecule has 0 unspecified atom stereocenters. The Morgan fingerprint density at radius 2 is 1.96 bits per heavy atom. The number of halogens is 1. The lowest BCUT2D eigenvalue weighted by Crippen LogP contribution is -2.64. The average Bonchev–Trinajstić information content (AvgIpc) is 2.66. The molecule has 2 saturated heterocycles. The number of rotatable bonds is 5. The third kappa shape index (κ3) is 3.94. The van der Waals surface area contributed by atoms with Crippen LogP contribution in [0.5, 0.6) is 0 Å². The molecule has 0 aromatic heterocycles. The third-order valence-electron chi connectivity index (χ3n) is 6.28. The van der Waals surface area contributed by atoms with E-state index in [1.54, 1.807) is 6.07 Å². The smallest absolute Gasteiger partial charge is 0.223 e. The van der Waals surface area contributed by atoms with Gasteiger partial charge in [-0.25, -0.2) is 4.39 Å². The molecular weight excluding hydrogens is 331 g/mol. The normalized spacial score (nSPS) is 29.7. The number of ether oxygens (including phenoxy) is 1. The second-order valence-electron chi connectivity index (χ2n) is 8.04. The van der Waals surface area contributed by atoms with E-state index >= 15 is 0 Å². The summed E-state index contributed by atoms with van der Waals surface area (Å²) in [5.74, 6) is 0.293. The molecule has 2 aliphatic heterocycles. The van der Waals surface area contributed by atoms with E-state index in [1.165, 1.54) is 25.3 Å². The molecule has 2 heterocycles. The predicted molar refractivity (Wildman–Crippen MR) is 98.1 cm³/mol. The lowest BCUT2D eigenvalue weighted by Gasteiger charge is -2.52. The number of nitrogens with one attached hydrogen (secondary N) is 1. The fourth-order valence-corrected chi connectivity index (χ4v) is 4.66. The van der Waals surface area contributed by atoms with Gasteiger partial charge in [0.15, 0.2) is 0 Å². The molecular formula is C21H29FN2O2. The molecule has 4 nitrogen and oxygen atoms in total. The van der Waals surface area contributed by atoms with E-state index in [9.17, 15) is 9.18 Å². The van der Waals surface area contributed by atoms with Gasteiger partial charge in [-0.2, -0.15) is 0 Å². The van der Waals surface area contributed by atoms with Crippen LogP contribution < -0.4 is 5.32 Å². The van der Waals surface area contributed by atoms with E-state index in [1.807, 2.05) is 12.1 Å². The van der Waals surface area contributed by atoms with Crippen LogP contribution in [0.1, 0.15) is 50.5 Å². The molecule has 3 atom stereocenters. The summed E-state index contributed by atoms with van der Waals surface area (Å²) in [6.45, 7) is 2.14. The Morgan fingerprint density at radius 3 is 2.73 bits per heavy atom. The monoisotopic (exact) mass is 360 g/mol. The quantitative estimate of drug-likeness (QED) is 0.876. The highest BCUT2D eigenvalue weighted by atomic mass is 19.1. The highest BCUT2D eigenvalue weighted by Gasteiger charge is 2.44. The van der Waals surface area contributed by atoms with E-state index < -0.39 is 0 Å². The molecule has 26 heavy (non-hydrogen) atoms. The van der Waals surface area contributed by atoms with Crippen molar-refractivity contribution in [1.29, 1.82) is 0 Å². The highest BCUT2D eigenvalue weighted by Crippen LogP contribution is 2.33.